The van der Waals surface area contributed by atoms with E-state index in [-0.39, 0.29) is 0 Å². The number of anilines is 1. The Morgan fingerprint density at radius 2 is 2.25 bits per heavy atom. The summed E-state index contributed by atoms with van der Waals surface area (Å²) in [7, 11) is 0. The largest absolute Gasteiger partial charge is 0.398 e. The predicted molar refractivity (Wildman–Crippen MR) is 50.3 cm³/mol. The molecule has 1 aliphatic heterocycles. The third kappa shape index (κ3) is 0.998. The van der Waals surface area contributed by atoms with Crippen LogP contribution in [0.3, 0.4) is 0 Å². The van der Waals surface area contributed by atoms with Crippen molar-refractivity contribution in [2.24, 2.45) is 4.99 Å². The Morgan fingerprint density at radius 1 is 1.42 bits per heavy atom. The van der Waals surface area contributed by atoms with Crippen LogP contribution in [0.1, 0.15) is 12.0 Å². The van der Waals surface area contributed by atoms with Gasteiger partial charge in [-0.2, -0.15) is 0 Å². The molecule has 0 aromatic heterocycles. The van der Waals surface area contributed by atoms with E-state index in [1.807, 2.05) is 12.1 Å². The van der Waals surface area contributed by atoms with Crippen LogP contribution in [0.4, 0.5) is 5.69 Å². The fourth-order valence-electron chi connectivity index (χ4n) is 1.54. The van der Waals surface area contributed by atoms with E-state index in [1.54, 1.807) is 0 Å². The van der Waals surface area contributed by atoms with Gasteiger partial charge in [-0.25, -0.2) is 0 Å². The Kier molecular flexibility index (Phi) is 1.61. The zero-order chi connectivity index (χ0) is 8.55. The van der Waals surface area contributed by atoms with E-state index in [2.05, 4.69) is 18.0 Å². The molecular weight excluding hydrogens is 148 g/mol. The van der Waals surface area contributed by atoms with Gasteiger partial charge in [0.25, 0.3) is 0 Å². The summed E-state index contributed by atoms with van der Waals surface area (Å²) in [4.78, 5) is 4.44. The number of hydrogen-bond acceptors (Lipinski definition) is 2. The van der Waals surface area contributed by atoms with Crippen molar-refractivity contribution in [3.63, 3.8) is 0 Å². The average molecular weight is 160 g/mol. The second kappa shape index (κ2) is 2.63. The van der Waals surface area contributed by atoms with E-state index in [1.165, 1.54) is 5.56 Å². The minimum Gasteiger partial charge on any atom is -0.398 e. The van der Waals surface area contributed by atoms with E-state index in [0.717, 1.165) is 29.2 Å². The first kappa shape index (κ1) is 7.35. The van der Waals surface area contributed by atoms with Gasteiger partial charge in [-0.3, -0.25) is 4.99 Å². The van der Waals surface area contributed by atoms with E-state index in [4.69, 9.17) is 5.73 Å². The molecule has 0 unspecified atom stereocenters. The number of nitrogens with two attached hydrogens (primary N) is 1. The summed E-state index contributed by atoms with van der Waals surface area (Å²) in [6, 6.07) is 3.97. The molecule has 1 aliphatic rings. The van der Waals surface area contributed by atoms with E-state index in [9.17, 15) is 0 Å². The highest BCUT2D eigenvalue weighted by Crippen LogP contribution is 1.96. The Hall–Kier alpha value is -1.31. The van der Waals surface area contributed by atoms with Gasteiger partial charge in [-0.05, 0) is 25.0 Å². The molecule has 0 radical (unpaired) electrons. The number of hydrogen-bond donors (Lipinski definition) is 1. The van der Waals surface area contributed by atoms with Crippen LogP contribution in [0, 0.1) is 6.92 Å². The van der Waals surface area contributed by atoms with Crippen LogP contribution in [0.2, 0.25) is 0 Å². The maximum absolute atomic E-state index is 5.82. The van der Waals surface area contributed by atoms with Crippen molar-refractivity contribution in [1.29, 1.82) is 0 Å². The molecule has 0 saturated heterocycles. The lowest BCUT2D eigenvalue weighted by molar-refractivity contribution is 0.952. The van der Waals surface area contributed by atoms with Gasteiger partial charge in [0.1, 0.15) is 0 Å². The molecule has 1 heterocycles. The third-order valence-electron chi connectivity index (χ3n) is 2.20. The zero-order valence-corrected chi connectivity index (χ0v) is 7.17. The Balaban J connectivity index is 2.92. The van der Waals surface area contributed by atoms with Crippen molar-refractivity contribution < 1.29 is 0 Å². The zero-order valence-electron chi connectivity index (χ0n) is 7.17. The summed E-state index contributed by atoms with van der Waals surface area (Å²) >= 11 is 0. The van der Waals surface area contributed by atoms with Crippen molar-refractivity contribution in [3.05, 3.63) is 28.3 Å². The molecule has 0 saturated carbocycles. The second-order valence-corrected chi connectivity index (χ2v) is 3.11. The van der Waals surface area contributed by atoms with Gasteiger partial charge >= 0.3 is 0 Å². The summed E-state index contributed by atoms with van der Waals surface area (Å²) in [5.74, 6) is 0. The molecule has 0 aliphatic carbocycles. The molecule has 2 nitrogen and oxygen atoms in total. The molecule has 2 N–H and O–H groups in total. The van der Waals surface area contributed by atoms with Crippen molar-refractivity contribution in [1.82, 2.24) is 0 Å². The minimum absolute atomic E-state index is 0.846. The first-order valence-electron chi connectivity index (χ1n) is 4.19. The third-order valence-corrected chi connectivity index (χ3v) is 2.20. The second-order valence-electron chi connectivity index (χ2n) is 3.11. The van der Waals surface area contributed by atoms with Gasteiger partial charge in [0.2, 0.25) is 0 Å². The molecule has 0 atom stereocenters. The highest BCUT2D eigenvalue weighted by Gasteiger charge is 1.99. The molecule has 0 spiro atoms. The van der Waals surface area contributed by atoms with Gasteiger partial charge in [0.15, 0.2) is 0 Å². The molecule has 62 valence electrons. The van der Waals surface area contributed by atoms with Gasteiger partial charge < -0.3 is 5.73 Å². The molecule has 0 fully saturated rings. The summed E-state index contributed by atoms with van der Waals surface area (Å²) in [6.45, 7) is 2.97. The van der Waals surface area contributed by atoms with Gasteiger partial charge in [-0.15, -0.1) is 0 Å². The van der Waals surface area contributed by atoms with Gasteiger partial charge in [-0.1, -0.05) is 12.1 Å². The summed E-state index contributed by atoms with van der Waals surface area (Å²) in [5, 5.41) is 2.21. The first-order chi connectivity index (χ1) is 5.79. The maximum atomic E-state index is 5.82. The summed E-state index contributed by atoms with van der Waals surface area (Å²) in [5.41, 5.74) is 7.88. The molecule has 0 amide bonds. The fraction of sp³-hybridized carbons (Fsp3) is 0.300. The molecular formula is C10H12N2. The number of benzene rings is 1. The molecule has 12 heavy (non-hydrogen) atoms. The predicted octanol–water partition coefficient (Wildman–Crippen LogP) is 0.381. The fourth-order valence-corrected chi connectivity index (χ4v) is 1.54. The molecule has 0 bridgehead atoms. The molecule has 1 aromatic rings. The number of nitrogen functional groups attached to an aromatic ring is 1. The van der Waals surface area contributed by atoms with Crippen LogP contribution in [0.15, 0.2) is 17.1 Å². The minimum atomic E-state index is 0.846. The number of rotatable bonds is 0. The maximum Gasteiger partial charge on any atom is 0.0693 e. The van der Waals surface area contributed by atoms with E-state index >= 15 is 0 Å². The molecule has 2 rings (SSSR count). The van der Waals surface area contributed by atoms with Crippen LogP contribution < -0.4 is 16.3 Å². The summed E-state index contributed by atoms with van der Waals surface area (Å²) < 4.78 is 0. The van der Waals surface area contributed by atoms with Gasteiger partial charge in [0.05, 0.1) is 5.36 Å². The number of nitrogens with zero attached hydrogens (tertiary/aromatic N) is 1. The lowest BCUT2D eigenvalue weighted by Crippen LogP contribution is -2.32. The monoisotopic (exact) mass is 160 g/mol. The van der Waals surface area contributed by atoms with E-state index < -0.39 is 0 Å². The highest BCUT2D eigenvalue weighted by molar-refractivity contribution is 5.47. The standard InChI is InChI=1S/C10H12N2/c1-7-4-5-9(11)8-3-2-6-12-10(7)8/h3-5H,2,6,11H2,1H3. The van der Waals surface area contributed by atoms with Crippen molar-refractivity contribution in [2.45, 2.75) is 13.3 Å². The van der Waals surface area contributed by atoms with Crippen LogP contribution >= 0.6 is 0 Å². The highest BCUT2D eigenvalue weighted by atomic mass is 14.7. The molecule has 1 aromatic carbocycles. The first-order valence-corrected chi connectivity index (χ1v) is 4.19. The average Bonchev–Trinajstić information content (AvgIpc) is 2.12. The summed E-state index contributed by atoms with van der Waals surface area (Å²) in [6.07, 6.45) is 3.19. The SMILES string of the molecule is Cc1ccc(N)c2c1=NCCC=2. The Bertz CT molecular complexity index is 377. The van der Waals surface area contributed by atoms with Gasteiger partial charge in [0, 0.05) is 17.5 Å². The normalized spacial score (nSPS) is 14.4. The molecule has 2 heteroatoms. The van der Waals surface area contributed by atoms with Crippen LogP contribution in [-0.2, 0) is 0 Å². The quantitative estimate of drug-likeness (QED) is 0.547. The van der Waals surface area contributed by atoms with Crippen molar-refractivity contribution in [2.75, 3.05) is 12.3 Å². The number of aryl methyl sites for hydroxylation is 1. The lowest BCUT2D eigenvalue weighted by Gasteiger charge is -2.04. The van der Waals surface area contributed by atoms with Crippen molar-refractivity contribution in [3.8, 4) is 0 Å². The van der Waals surface area contributed by atoms with E-state index in [0.29, 0.717) is 0 Å². The Labute approximate surface area is 71.4 Å². The van der Waals surface area contributed by atoms with Crippen molar-refractivity contribution >= 4 is 11.8 Å². The topological polar surface area (TPSA) is 38.4 Å². The number of fused-ring (bicyclic) bond motifs is 1. The smallest absolute Gasteiger partial charge is 0.0693 e. The van der Waals surface area contributed by atoms with Crippen LogP contribution in [0.25, 0.3) is 6.08 Å². The van der Waals surface area contributed by atoms with Crippen LogP contribution in [-0.4, -0.2) is 6.54 Å². The van der Waals surface area contributed by atoms with Crippen LogP contribution in [0.5, 0.6) is 0 Å². The lowest BCUT2D eigenvalue weighted by atomic mass is 10.1. The Morgan fingerprint density at radius 3 is 3.00 bits per heavy atom.